The molecule has 5 heteroatoms. The summed E-state index contributed by atoms with van der Waals surface area (Å²) in [5.74, 6) is -0.0948. The maximum Gasteiger partial charge on any atom is 0.127 e. The summed E-state index contributed by atoms with van der Waals surface area (Å²) in [6, 6.07) is 9.14. The molecule has 0 atom stereocenters. The number of aryl methyl sites for hydroxylation is 1. The fourth-order valence-corrected chi connectivity index (χ4v) is 3.11. The molecule has 1 aliphatic rings. The number of benzene rings is 1. The topological polar surface area (TPSA) is 24.3 Å². The lowest BCUT2D eigenvalue weighted by Crippen LogP contribution is -2.32. The number of hydrogen-bond acceptors (Lipinski definition) is 3. The molecule has 0 amide bonds. The molecule has 3 rings (SSSR count). The molecule has 2 heterocycles. The Balaban J connectivity index is 1.48. The van der Waals surface area contributed by atoms with Crippen LogP contribution in [0.3, 0.4) is 0 Å². The van der Waals surface area contributed by atoms with E-state index in [0.29, 0.717) is 6.54 Å². The van der Waals surface area contributed by atoms with E-state index in [1.54, 1.807) is 12.1 Å². The Morgan fingerprint density at radius 2 is 1.78 bits per heavy atom. The smallest absolute Gasteiger partial charge is 0.127 e. The van der Waals surface area contributed by atoms with Crippen LogP contribution < -0.4 is 0 Å². The quantitative estimate of drug-likeness (QED) is 0.847. The van der Waals surface area contributed by atoms with Crippen molar-refractivity contribution >= 4 is 0 Å². The van der Waals surface area contributed by atoms with E-state index in [1.807, 2.05) is 36.0 Å². The zero-order valence-electron chi connectivity index (χ0n) is 13.8. The van der Waals surface area contributed by atoms with Gasteiger partial charge < -0.3 is 4.90 Å². The van der Waals surface area contributed by atoms with Crippen LogP contribution in [0.4, 0.5) is 4.39 Å². The number of halogens is 1. The van der Waals surface area contributed by atoms with E-state index < -0.39 is 0 Å². The van der Waals surface area contributed by atoms with Crippen LogP contribution in [0.25, 0.3) is 0 Å². The zero-order chi connectivity index (χ0) is 16.1. The lowest BCUT2D eigenvalue weighted by atomic mass is 10.2. The lowest BCUT2D eigenvalue weighted by Gasteiger charge is -2.22. The third kappa shape index (κ3) is 4.62. The number of nitrogens with zero attached hydrogens (tertiary/aromatic N) is 4. The molecule has 23 heavy (non-hydrogen) atoms. The minimum Gasteiger partial charge on any atom is -0.300 e. The second kappa shape index (κ2) is 7.70. The van der Waals surface area contributed by atoms with Gasteiger partial charge in [0, 0.05) is 37.9 Å². The van der Waals surface area contributed by atoms with Gasteiger partial charge >= 0.3 is 0 Å². The maximum absolute atomic E-state index is 13.8. The summed E-state index contributed by atoms with van der Waals surface area (Å²) in [6.45, 7) is 8.85. The summed E-state index contributed by atoms with van der Waals surface area (Å²) in [7, 11) is 0. The normalized spacial score (nSPS) is 17.3. The first kappa shape index (κ1) is 16.1. The number of aromatic nitrogens is 2. The number of rotatable bonds is 5. The summed E-state index contributed by atoms with van der Waals surface area (Å²) in [5, 5.41) is 4.44. The van der Waals surface area contributed by atoms with Gasteiger partial charge in [-0.1, -0.05) is 18.2 Å². The lowest BCUT2D eigenvalue weighted by molar-refractivity contribution is 0.242. The van der Waals surface area contributed by atoms with Gasteiger partial charge in [-0.2, -0.15) is 5.10 Å². The van der Waals surface area contributed by atoms with Crippen molar-refractivity contribution in [2.75, 3.05) is 32.7 Å². The third-order valence-corrected chi connectivity index (χ3v) is 4.45. The van der Waals surface area contributed by atoms with Gasteiger partial charge in [0.2, 0.25) is 0 Å². The highest BCUT2D eigenvalue weighted by atomic mass is 19.1. The van der Waals surface area contributed by atoms with Gasteiger partial charge in [-0.3, -0.25) is 9.58 Å². The Hall–Kier alpha value is -1.72. The second-order valence-electron chi connectivity index (χ2n) is 6.28. The van der Waals surface area contributed by atoms with Crippen molar-refractivity contribution in [1.82, 2.24) is 19.6 Å². The Bertz CT molecular complexity index is 625. The van der Waals surface area contributed by atoms with E-state index in [9.17, 15) is 4.39 Å². The summed E-state index contributed by atoms with van der Waals surface area (Å²) in [4.78, 5) is 4.84. The molecule has 0 bridgehead atoms. The van der Waals surface area contributed by atoms with Gasteiger partial charge in [0.1, 0.15) is 5.82 Å². The summed E-state index contributed by atoms with van der Waals surface area (Å²) in [6.07, 6.45) is 3.17. The molecule has 4 nitrogen and oxygen atoms in total. The van der Waals surface area contributed by atoms with Gasteiger partial charge in [-0.15, -0.1) is 0 Å². The molecule has 0 N–H and O–H groups in total. The van der Waals surface area contributed by atoms with Crippen LogP contribution in [0.15, 0.2) is 36.5 Å². The second-order valence-corrected chi connectivity index (χ2v) is 6.28. The summed E-state index contributed by atoms with van der Waals surface area (Å²) < 4.78 is 15.8. The van der Waals surface area contributed by atoms with Crippen molar-refractivity contribution in [3.05, 3.63) is 53.6 Å². The highest BCUT2D eigenvalue weighted by molar-refractivity contribution is 5.17. The van der Waals surface area contributed by atoms with Crippen LogP contribution in [-0.2, 0) is 13.1 Å². The van der Waals surface area contributed by atoms with Crippen LogP contribution in [0.2, 0.25) is 0 Å². The molecule has 0 radical (unpaired) electrons. The van der Waals surface area contributed by atoms with Crippen molar-refractivity contribution in [2.24, 2.45) is 0 Å². The van der Waals surface area contributed by atoms with Gasteiger partial charge in [0.05, 0.1) is 12.2 Å². The van der Waals surface area contributed by atoms with E-state index in [0.717, 1.165) is 56.9 Å². The SMILES string of the molecule is Cc1ccn(CCN2CCCN(Cc3ccccc3F)CC2)n1. The average Bonchev–Trinajstić information content (AvgIpc) is 2.83. The van der Waals surface area contributed by atoms with Crippen molar-refractivity contribution in [2.45, 2.75) is 26.4 Å². The van der Waals surface area contributed by atoms with E-state index in [2.05, 4.69) is 14.9 Å². The Labute approximate surface area is 137 Å². The highest BCUT2D eigenvalue weighted by Crippen LogP contribution is 2.12. The molecular weight excluding hydrogens is 291 g/mol. The molecule has 0 spiro atoms. The van der Waals surface area contributed by atoms with E-state index in [-0.39, 0.29) is 5.82 Å². The molecule has 1 fully saturated rings. The Kier molecular flexibility index (Phi) is 5.41. The van der Waals surface area contributed by atoms with Crippen molar-refractivity contribution < 1.29 is 4.39 Å². The van der Waals surface area contributed by atoms with Gasteiger partial charge in [-0.05, 0) is 38.6 Å². The minimum absolute atomic E-state index is 0.0948. The first-order valence-electron chi connectivity index (χ1n) is 8.39. The molecule has 1 saturated heterocycles. The minimum atomic E-state index is -0.0948. The summed E-state index contributed by atoms with van der Waals surface area (Å²) >= 11 is 0. The molecule has 1 aromatic heterocycles. The monoisotopic (exact) mass is 316 g/mol. The zero-order valence-corrected chi connectivity index (χ0v) is 13.8. The summed E-state index contributed by atoms with van der Waals surface area (Å²) in [5.41, 5.74) is 1.87. The highest BCUT2D eigenvalue weighted by Gasteiger charge is 2.16. The molecule has 0 saturated carbocycles. The first-order chi connectivity index (χ1) is 11.2. The maximum atomic E-state index is 13.8. The van der Waals surface area contributed by atoms with E-state index in [1.165, 1.54) is 0 Å². The van der Waals surface area contributed by atoms with Crippen LogP contribution in [0.5, 0.6) is 0 Å². The van der Waals surface area contributed by atoms with Gasteiger partial charge in [-0.25, -0.2) is 4.39 Å². The molecule has 0 aliphatic carbocycles. The van der Waals surface area contributed by atoms with Crippen molar-refractivity contribution in [1.29, 1.82) is 0 Å². The predicted molar refractivity (Wildman–Crippen MR) is 89.7 cm³/mol. The van der Waals surface area contributed by atoms with Crippen LogP contribution in [-0.4, -0.2) is 52.3 Å². The molecule has 0 unspecified atom stereocenters. The van der Waals surface area contributed by atoms with Crippen LogP contribution >= 0.6 is 0 Å². The standard InChI is InChI=1S/C18H25FN4/c1-16-7-10-23(20-16)14-13-21-8-4-9-22(12-11-21)15-17-5-2-3-6-18(17)19/h2-3,5-7,10H,4,8-9,11-15H2,1H3. The Morgan fingerprint density at radius 1 is 1.00 bits per heavy atom. The van der Waals surface area contributed by atoms with Crippen LogP contribution in [0.1, 0.15) is 17.7 Å². The average molecular weight is 316 g/mol. The fraction of sp³-hybridized carbons (Fsp3) is 0.500. The van der Waals surface area contributed by atoms with Crippen LogP contribution in [0, 0.1) is 12.7 Å². The molecule has 1 aliphatic heterocycles. The van der Waals surface area contributed by atoms with E-state index in [4.69, 9.17) is 0 Å². The van der Waals surface area contributed by atoms with Gasteiger partial charge in [0.25, 0.3) is 0 Å². The molecule has 1 aromatic carbocycles. The predicted octanol–water partition coefficient (Wildman–Crippen LogP) is 2.54. The van der Waals surface area contributed by atoms with Crippen molar-refractivity contribution in [3.63, 3.8) is 0 Å². The molecule has 124 valence electrons. The Morgan fingerprint density at radius 3 is 2.57 bits per heavy atom. The molecule has 2 aromatic rings. The largest absolute Gasteiger partial charge is 0.300 e. The number of hydrogen-bond donors (Lipinski definition) is 0. The van der Waals surface area contributed by atoms with E-state index >= 15 is 0 Å². The fourth-order valence-electron chi connectivity index (χ4n) is 3.11. The third-order valence-electron chi connectivity index (χ3n) is 4.45. The first-order valence-corrected chi connectivity index (χ1v) is 8.39. The van der Waals surface area contributed by atoms with Crippen molar-refractivity contribution in [3.8, 4) is 0 Å². The van der Waals surface area contributed by atoms with Gasteiger partial charge in [0.15, 0.2) is 0 Å². The molecular formula is C18H25FN4.